The highest BCUT2D eigenvalue weighted by Crippen LogP contribution is 2.22. The lowest BCUT2D eigenvalue weighted by atomic mass is 10.1. The molecule has 7 heteroatoms. The van der Waals surface area contributed by atoms with E-state index in [0.717, 1.165) is 5.56 Å². The van der Waals surface area contributed by atoms with Gasteiger partial charge in [-0.2, -0.15) is 0 Å². The average Bonchev–Trinajstić information content (AvgIpc) is 2.55. The Bertz CT molecular complexity index is 760. The summed E-state index contributed by atoms with van der Waals surface area (Å²) in [6.45, 7) is 1.62. The monoisotopic (exact) mass is 326 g/mol. The molecule has 1 amide bonds. The molecule has 0 aliphatic carbocycles. The molecule has 0 heterocycles. The topological polar surface area (TPSA) is 94.4 Å². The number of carbonyl (C=O) groups excluding carboxylic acids is 1. The van der Waals surface area contributed by atoms with Crippen molar-refractivity contribution in [3.63, 3.8) is 0 Å². The number of anilines is 1. The number of carboxylic acids is 1. The zero-order chi connectivity index (χ0) is 17.5. The van der Waals surface area contributed by atoms with E-state index < -0.39 is 5.97 Å². The number of aliphatic carboxylic acids is 1. The van der Waals surface area contributed by atoms with Crippen molar-refractivity contribution >= 4 is 23.3 Å². The van der Waals surface area contributed by atoms with Gasteiger partial charge < -0.3 is 10.4 Å². The van der Waals surface area contributed by atoms with Gasteiger partial charge >= 0.3 is 5.97 Å². The number of aryl methyl sites for hydroxylation is 1. The highest BCUT2D eigenvalue weighted by atomic mass is 16.4. The van der Waals surface area contributed by atoms with E-state index in [9.17, 15) is 9.59 Å². The maximum absolute atomic E-state index is 12.2. The largest absolute Gasteiger partial charge is 0.480 e. The number of hydrogen-bond donors (Lipinski definition) is 2. The number of nitrogens with one attached hydrogen (secondary N) is 1. The number of nitrogens with zero attached hydrogens (tertiary/aromatic N) is 3. The van der Waals surface area contributed by atoms with Crippen molar-refractivity contribution in [3.8, 4) is 0 Å². The first kappa shape index (κ1) is 17.1. The van der Waals surface area contributed by atoms with Gasteiger partial charge in [0.15, 0.2) is 0 Å². The van der Waals surface area contributed by atoms with Gasteiger partial charge in [-0.3, -0.25) is 14.6 Å². The normalized spacial score (nSPS) is 10.6. The summed E-state index contributed by atoms with van der Waals surface area (Å²) in [7, 11) is 1.53. The standard InChI is InChI=1S/C17H18N4O3/c1-12-10-14(19-20-21(2)11-16(22)23)8-9-15(12)18-17(24)13-6-4-3-5-7-13/h3-10H,11H2,1-2H3,(H,18,24)(H,22,23). The van der Waals surface area contributed by atoms with Gasteiger partial charge in [-0.05, 0) is 42.8 Å². The zero-order valence-corrected chi connectivity index (χ0v) is 13.4. The lowest BCUT2D eigenvalue weighted by Gasteiger charge is -2.10. The second-order valence-corrected chi connectivity index (χ2v) is 5.22. The third-order valence-corrected chi connectivity index (χ3v) is 3.17. The van der Waals surface area contributed by atoms with E-state index in [1.807, 2.05) is 13.0 Å². The molecule has 0 saturated carbocycles. The number of rotatable bonds is 6. The van der Waals surface area contributed by atoms with Crippen LogP contribution in [0.4, 0.5) is 11.4 Å². The van der Waals surface area contributed by atoms with Crippen LogP contribution in [0.15, 0.2) is 58.9 Å². The number of carboxylic acid groups (broad SMARTS) is 1. The molecule has 0 bridgehead atoms. The molecule has 0 fully saturated rings. The van der Waals surface area contributed by atoms with E-state index in [1.54, 1.807) is 42.5 Å². The van der Waals surface area contributed by atoms with Crippen LogP contribution in [0.2, 0.25) is 0 Å². The third-order valence-electron chi connectivity index (χ3n) is 3.17. The first-order chi connectivity index (χ1) is 11.5. The van der Waals surface area contributed by atoms with Gasteiger partial charge in [0.1, 0.15) is 6.54 Å². The van der Waals surface area contributed by atoms with E-state index in [0.29, 0.717) is 16.9 Å². The van der Waals surface area contributed by atoms with Crippen molar-refractivity contribution in [2.75, 3.05) is 18.9 Å². The van der Waals surface area contributed by atoms with Gasteiger partial charge in [-0.25, -0.2) is 0 Å². The summed E-state index contributed by atoms with van der Waals surface area (Å²) in [5.74, 6) is -1.17. The minimum absolute atomic E-state index is 0.186. The fourth-order valence-corrected chi connectivity index (χ4v) is 1.99. The Morgan fingerprint density at radius 2 is 1.88 bits per heavy atom. The van der Waals surface area contributed by atoms with Crippen LogP contribution in [0, 0.1) is 6.92 Å². The first-order valence-corrected chi connectivity index (χ1v) is 7.27. The summed E-state index contributed by atoms with van der Waals surface area (Å²) in [5.41, 5.74) is 2.66. The lowest BCUT2D eigenvalue weighted by molar-refractivity contribution is -0.138. The Labute approximate surface area is 139 Å². The number of amides is 1. The molecule has 2 N–H and O–H groups in total. The summed E-state index contributed by atoms with van der Waals surface area (Å²) < 4.78 is 0. The van der Waals surface area contributed by atoms with Gasteiger partial charge in [-0.15, -0.1) is 5.11 Å². The van der Waals surface area contributed by atoms with Gasteiger partial charge in [-0.1, -0.05) is 23.4 Å². The summed E-state index contributed by atoms with van der Waals surface area (Å²) in [6, 6.07) is 14.1. The van der Waals surface area contributed by atoms with Crippen LogP contribution in [0.5, 0.6) is 0 Å². The maximum atomic E-state index is 12.2. The van der Waals surface area contributed by atoms with Gasteiger partial charge in [0, 0.05) is 18.3 Å². The maximum Gasteiger partial charge on any atom is 0.324 e. The van der Waals surface area contributed by atoms with Crippen molar-refractivity contribution in [1.29, 1.82) is 0 Å². The van der Waals surface area contributed by atoms with Crippen molar-refractivity contribution in [2.45, 2.75) is 6.92 Å². The average molecular weight is 326 g/mol. The number of benzene rings is 2. The summed E-state index contributed by atoms with van der Waals surface area (Å²) in [6.07, 6.45) is 0. The first-order valence-electron chi connectivity index (χ1n) is 7.27. The molecule has 2 aromatic carbocycles. The van der Waals surface area contributed by atoms with Crippen LogP contribution < -0.4 is 5.32 Å². The van der Waals surface area contributed by atoms with Gasteiger partial charge in [0.05, 0.1) is 5.69 Å². The Balaban J connectivity index is 2.06. The van der Waals surface area contributed by atoms with Crippen LogP contribution in [-0.2, 0) is 4.79 Å². The van der Waals surface area contributed by atoms with E-state index in [4.69, 9.17) is 5.11 Å². The van der Waals surface area contributed by atoms with Crippen LogP contribution in [-0.4, -0.2) is 35.6 Å². The molecule has 0 spiro atoms. The number of carbonyl (C=O) groups is 2. The van der Waals surface area contributed by atoms with E-state index in [-0.39, 0.29) is 12.5 Å². The summed E-state index contributed by atoms with van der Waals surface area (Å²) in [5, 5.41) is 20.5. The van der Waals surface area contributed by atoms with Crippen LogP contribution >= 0.6 is 0 Å². The Hall–Kier alpha value is -3.22. The van der Waals surface area contributed by atoms with Crippen molar-refractivity contribution in [3.05, 3.63) is 59.7 Å². The number of hydrogen-bond acceptors (Lipinski definition) is 4. The van der Waals surface area contributed by atoms with Crippen LogP contribution in [0.3, 0.4) is 0 Å². The molecule has 2 aromatic rings. The van der Waals surface area contributed by atoms with Crippen molar-refractivity contribution in [2.24, 2.45) is 10.3 Å². The van der Waals surface area contributed by atoms with Crippen LogP contribution in [0.1, 0.15) is 15.9 Å². The molecule has 0 aliphatic rings. The smallest absolute Gasteiger partial charge is 0.324 e. The SMILES string of the molecule is Cc1cc(N=NN(C)CC(=O)O)ccc1NC(=O)c1ccccc1. The highest BCUT2D eigenvalue weighted by Gasteiger charge is 2.07. The molecule has 24 heavy (non-hydrogen) atoms. The molecule has 0 saturated heterocycles. The summed E-state index contributed by atoms with van der Waals surface area (Å²) in [4.78, 5) is 22.7. The lowest BCUT2D eigenvalue weighted by Crippen LogP contribution is -2.19. The fourth-order valence-electron chi connectivity index (χ4n) is 1.99. The second kappa shape index (κ2) is 7.87. The minimum Gasteiger partial charge on any atom is -0.480 e. The second-order valence-electron chi connectivity index (χ2n) is 5.22. The predicted molar refractivity (Wildman–Crippen MR) is 90.4 cm³/mol. The molecule has 0 unspecified atom stereocenters. The van der Waals surface area contributed by atoms with E-state index >= 15 is 0 Å². The molecule has 2 rings (SSSR count). The molecule has 0 radical (unpaired) electrons. The Morgan fingerprint density at radius 1 is 1.17 bits per heavy atom. The van der Waals surface area contributed by atoms with E-state index in [1.165, 1.54) is 12.1 Å². The van der Waals surface area contributed by atoms with Gasteiger partial charge in [0.25, 0.3) is 5.91 Å². The minimum atomic E-state index is -0.980. The van der Waals surface area contributed by atoms with E-state index in [2.05, 4.69) is 15.7 Å². The fraction of sp³-hybridized carbons (Fsp3) is 0.176. The Morgan fingerprint density at radius 3 is 2.50 bits per heavy atom. The molecular weight excluding hydrogens is 308 g/mol. The summed E-state index contributed by atoms with van der Waals surface area (Å²) >= 11 is 0. The molecule has 124 valence electrons. The Kier molecular flexibility index (Phi) is 5.62. The third kappa shape index (κ3) is 4.91. The molecule has 0 aromatic heterocycles. The molecule has 0 aliphatic heterocycles. The molecule has 0 atom stereocenters. The van der Waals surface area contributed by atoms with Crippen LogP contribution in [0.25, 0.3) is 0 Å². The quantitative estimate of drug-likeness (QED) is 0.629. The predicted octanol–water partition coefficient (Wildman–Crippen LogP) is 3.26. The zero-order valence-electron chi connectivity index (χ0n) is 13.4. The van der Waals surface area contributed by atoms with Crippen molar-refractivity contribution < 1.29 is 14.7 Å². The molecule has 7 nitrogen and oxygen atoms in total. The highest BCUT2D eigenvalue weighted by molar-refractivity contribution is 6.04. The molecular formula is C17H18N4O3. The van der Waals surface area contributed by atoms with Crippen molar-refractivity contribution in [1.82, 2.24) is 5.01 Å². The number of likely N-dealkylation sites (N-methyl/N-ethyl adjacent to an activating group) is 1. The van der Waals surface area contributed by atoms with Gasteiger partial charge in [0.2, 0.25) is 0 Å².